The molecule has 7 nitrogen and oxygen atoms in total. The molecular weight excluding hydrogens is 400 g/mol. The minimum absolute atomic E-state index is 0.158. The third kappa shape index (κ3) is 3.50. The molecule has 1 fully saturated rings. The summed E-state index contributed by atoms with van der Waals surface area (Å²) >= 11 is 5.83. The number of hydrogen-bond donors (Lipinski definition) is 1. The number of amides is 1. The van der Waals surface area contributed by atoms with Crippen molar-refractivity contribution in [2.45, 2.75) is 38.1 Å². The van der Waals surface area contributed by atoms with Crippen molar-refractivity contribution in [2.75, 3.05) is 11.4 Å². The summed E-state index contributed by atoms with van der Waals surface area (Å²) in [4.78, 5) is 32.6. The third-order valence-corrected chi connectivity index (χ3v) is 5.88. The van der Waals surface area contributed by atoms with Gasteiger partial charge in [-0.1, -0.05) is 11.6 Å². The fourth-order valence-electron chi connectivity index (χ4n) is 3.92. The van der Waals surface area contributed by atoms with E-state index in [-0.39, 0.29) is 5.91 Å². The van der Waals surface area contributed by atoms with E-state index in [1.807, 2.05) is 19.1 Å². The van der Waals surface area contributed by atoms with Gasteiger partial charge in [0.1, 0.15) is 16.8 Å². The number of hydrogen-bond acceptors (Lipinski definition) is 6. The van der Waals surface area contributed by atoms with E-state index < -0.39 is 5.54 Å². The Labute approximate surface area is 179 Å². The lowest BCUT2D eigenvalue weighted by atomic mass is 10.0. The SMILES string of the molecule is Cc1nccc(N2CCCc3nc(C4(NC(=O)c5ccc(Cl)nc5)CC4)ccc32)n1. The van der Waals surface area contributed by atoms with Gasteiger partial charge in [0.25, 0.3) is 5.91 Å². The zero-order chi connectivity index (χ0) is 20.7. The lowest BCUT2D eigenvalue weighted by molar-refractivity contribution is 0.0929. The van der Waals surface area contributed by atoms with Gasteiger partial charge in [-0.05, 0) is 62.9 Å². The van der Waals surface area contributed by atoms with E-state index in [2.05, 4.69) is 31.2 Å². The van der Waals surface area contributed by atoms with Crippen molar-refractivity contribution in [3.05, 3.63) is 70.7 Å². The summed E-state index contributed by atoms with van der Waals surface area (Å²) in [6.45, 7) is 2.79. The molecule has 8 heteroatoms. The number of carbonyl (C=O) groups excluding carboxylic acids is 1. The van der Waals surface area contributed by atoms with Crippen LogP contribution in [0.2, 0.25) is 5.15 Å². The zero-order valence-corrected chi connectivity index (χ0v) is 17.4. The first-order chi connectivity index (χ1) is 14.5. The number of carbonyl (C=O) groups is 1. The second-order valence-electron chi connectivity index (χ2n) is 7.79. The molecule has 3 aromatic rings. The van der Waals surface area contributed by atoms with Crippen molar-refractivity contribution < 1.29 is 4.79 Å². The van der Waals surface area contributed by atoms with Gasteiger partial charge in [-0.25, -0.2) is 15.0 Å². The van der Waals surface area contributed by atoms with Crippen LogP contribution in [0.25, 0.3) is 0 Å². The van der Waals surface area contributed by atoms with Gasteiger partial charge in [-0.3, -0.25) is 9.78 Å². The fourth-order valence-corrected chi connectivity index (χ4v) is 4.03. The van der Waals surface area contributed by atoms with Crippen LogP contribution in [-0.4, -0.2) is 32.4 Å². The minimum atomic E-state index is -0.403. The maximum absolute atomic E-state index is 12.7. The van der Waals surface area contributed by atoms with Gasteiger partial charge in [0.05, 0.1) is 28.2 Å². The van der Waals surface area contributed by atoms with Gasteiger partial charge >= 0.3 is 0 Å². The average Bonchev–Trinajstić information content (AvgIpc) is 3.54. The predicted molar refractivity (Wildman–Crippen MR) is 114 cm³/mol. The number of nitrogens with zero attached hydrogens (tertiary/aromatic N) is 5. The van der Waals surface area contributed by atoms with Crippen molar-refractivity contribution >= 4 is 29.0 Å². The number of nitrogens with one attached hydrogen (secondary N) is 1. The molecule has 0 radical (unpaired) electrons. The first kappa shape index (κ1) is 18.9. The molecule has 1 saturated carbocycles. The second kappa shape index (κ2) is 7.32. The van der Waals surface area contributed by atoms with Crippen LogP contribution in [0.3, 0.4) is 0 Å². The summed E-state index contributed by atoms with van der Waals surface area (Å²) in [5.41, 5.74) is 3.13. The van der Waals surface area contributed by atoms with E-state index in [1.54, 1.807) is 18.3 Å². The van der Waals surface area contributed by atoms with E-state index in [1.165, 1.54) is 6.20 Å². The Morgan fingerprint density at radius 2 is 2.00 bits per heavy atom. The van der Waals surface area contributed by atoms with Crippen LogP contribution in [0, 0.1) is 6.92 Å². The van der Waals surface area contributed by atoms with Gasteiger partial charge in [-0.2, -0.15) is 0 Å². The van der Waals surface area contributed by atoms with E-state index in [0.717, 1.165) is 60.9 Å². The maximum Gasteiger partial charge on any atom is 0.253 e. The number of fused-ring (bicyclic) bond motifs is 1. The highest BCUT2D eigenvalue weighted by Gasteiger charge is 2.47. The van der Waals surface area contributed by atoms with Gasteiger partial charge in [0.15, 0.2) is 0 Å². The highest BCUT2D eigenvalue weighted by atomic mass is 35.5. The lowest BCUT2D eigenvalue weighted by Gasteiger charge is -2.30. The van der Waals surface area contributed by atoms with Crippen molar-refractivity contribution in [1.29, 1.82) is 0 Å². The predicted octanol–water partition coefficient (Wildman–Crippen LogP) is 3.73. The maximum atomic E-state index is 12.7. The summed E-state index contributed by atoms with van der Waals surface area (Å²) in [6.07, 6.45) is 6.95. The Morgan fingerprint density at radius 3 is 2.73 bits per heavy atom. The Balaban J connectivity index is 1.41. The summed E-state index contributed by atoms with van der Waals surface area (Å²) in [5, 5.41) is 3.53. The van der Waals surface area contributed by atoms with Crippen LogP contribution in [0.1, 0.15) is 46.8 Å². The minimum Gasteiger partial charge on any atom is -0.341 e. The first-order valence-electron chi connectivity index (χ1n) is 10.1. The normalized spacial score (nSPS) is 16.7. The highest BCUT2D eigenvalue weighted by Crippen LogP contribution is 2.46. The molecule has 4 heterocycles. The Bertz CT molecular complexity index is 1110. The molecule has 1 amide bonds. The van der Waals surface area contributed by atoms with Crippen LogP contribution >= 0.6 is 11.6 Å². The highest BCUT2D eigenvalue weighted by molar-refractivity contribution is 6.29. The van der Waals surface area contributed by atoms with Crippen molar-refractivity contribution in [2.24, 2.45) is 0 Å². The molecule has 5 rings (SSSR count). The van der Waals surface area contributed by atoms with Crippen LogP contribution in [-0.2, 0) is 12.0 Å². The Hall–Kier alpha value is -3.06. The Morgan fingerprint density at radius 1 is 1.13 bits per heavy atom. The Kier molecular flexibility index (Phi) is 4.62. The van der Waals surface area contributed by atoms with E-state index in [4.69, 9.17) is 16.6 Å². The molecule has 1 aliphatic carbocycles. The topological polar surface area (TPSA) is 83.9 Å². The molecule has 0 spiro atoms. The van der Waals surface area contributed by atoms with Gasteiger partial charge in [0, 0.05) is 18.9 Å². The lowest BCUT2D eigenvalue weighted by Crippen LogP contribution is -2.36. The molecule has 0 unspecified atom stereocenters. The molecule has 0 saturated heterocycles. The molecule has 0 aromatic carbocycles. The van der Waals surface area contributed by atoms with E-state index in [9.17, 15) is 4.79 Å². The second-order valence-corrected chi connectivity index (χ2v) is 8.17. The van der Waals surface area contributed by atoms with Crippen LogP contribution in [0.15, 0.2) is 42.7 Å². The summed E-state index contributed by atoms with van der Waals surface area (Å²) in [6, 6.07) is 9.36. The largest absolute Gasteiger partial charge is 0.341 e. The number of halogens is 1. The molecule has 0 atom stereocenters. The molecule has 1 N–H and O–H groups in total. The number of rotatable bonds is 4. The zero-order valence-electron chi connectivity index (χ0n) is 16.6. The molecule has 2 aliphatic rings. The summed E-state index contributed by atoms with van der Waals surface area (Å²) in [7, 11) is 0. The van der Waals surface area contributed by atoms with E-state index in [0.29, 0.717) is 10.7 Å². The van der Waals surface area contributed by atoms with E-state index >= 15 is 0 Å². The number of aromatic nitrogens is 4. The number of pyridine rings is 2. The van der Waals surface area contributed by atoms with Gasteiger partial charge < -0.3 is 10.2 Å². The average molecular weight is 421 g/mol. The molecule has 30 heavy (non-hydrogen) atoms. The molecule has 3 aromatic heterocycles. The first-order valence-corrected chi connectivity index (χ1v) is 10.4. The number of aryl methyl sites for hydroxylation is 2. The fraction of sp³-hybridized carbons (Fsp3) is 0.318. The molecule has 1 aliphatic heterocycles. The number of anilines is 2. The van der Waals surface area contributed by atoms with Crippen molar-refractivity contribution in [3.63, 3.8) is 0 Å². The molecule has 0 bridgehead atoms. The standard InChI is InChI=1S/C22H21ClN6O/c1-14-24-11-8-20(26-14)29-12-2-3-16-17(29)5-6-18(27-16)22(9-10-22)28-21(30)15-4-7-19(23)25-13-15/h4-8,11,13H,2-3,9-10,12H2,1H3,(H,28,30). The van der Waals surface area contributed by atoms with Crippen LogP contribution < -0.4 is 10.2 Å². The monoisotopic (exact) mass is 420 g/mol. The van der Waals surface area contributed by atoms with Crippen LogP contribution in [0.5, 0.6) is 0 Å². The quantitative estimate of drug-likeness (QED) is 0.647. The summed E-state index contributed by atoms with van der Waals surface area (Å²) < 4.78 is 0. The summed E-state index contributed by atoms with van der Waals surface area (Å²) in [5.74, 6) is 1.48. The van der Waals surface area contributed by atoms with Gasteiger partial charge in [-0.15, -0.1) is 0 Å². The van der Waals surface area contributed by atoms with Crippen molar-refractivity contribution in [3.8, 4) is 0 Å². The van der Waals surface area contributed by atoms with Crippen LogP contribution in [0.4, 0.5) is 11.5 Å². The smallest absolute Gasteiger partial charge is 0.253 e. The molecular formula is C22H21ClN6O. The van der Waals surface area contributed by atoms with Gasteiger partial charge in [0.2, 0.25) is 0 Å². The van der Waals surface area contributed by atoms with Crippen molar-refractivity contribution in [1.82, 2.24) is 25.3 Å². The third-order valence-electron chi connectivity index (χ3n) is 5.66. The molecule has 152 valence electrons.